The Morgan fingerprint density at radius 3 is 2.91 bits per heavy atom. The zero-order valence-electron chi connectivity index (χ0n) is 12.8. The van der Waals surface area contributed by atoms with Crippen molar-refractivity contribution < 1.29 is 0 Å². The van der Waals surface area contributed by atoms with Gasteiger partial charge in [-0.05, 0) is 19.1 Å². The molecule has 0 saturated heterocycles. The fourth-order valence-corrected chi connectivity index (χ4v) is 2.82. The zero-order chi connectivity index (χ0) is 15.8. The molecule has 0 spiro atoms. The number of pyridine rings is 1. The number of fused-ring (bicyclic) bond motifs is 1. The van der Waals surface area contributed by atoms with E-state index < -0.39 is 0 Å². The number of hydrogen-bond donors (Lipinski definition) is 1. The number of nitrogens with zero attached hydrogens (tertiary/aromatic N) is 6. The molecule has 7 nitrogen and oxygen atoms in total. The van der Waals surface area contributed by atoms with E-state index in [0.29, 0.717) is 11.6 Å². The largest absolute Gasteiger partial charge is 0.382 e. The van der Waals surface area contributed by atoms with Gasteiger partial charge in [-0.25, -0.2) is 9.97 Å². The molecule has 116 valence electrons. The highest BCUT2D eigenvalue weighted by atomic mass is 15.4. The standard InChI is InChI=1S/C16H17N7/c1-11-7-15(20-16(19-11)12-3-2-4-18-9-12)22-5-6-23-13(10-22)8-14(17)21-23/h2-4,7-9H,5-6,10H2,1H3,(H2,17,21). The van der Waals surface area contributed by atoms with Gasteiger partial charge in [-0.15, -0.1) is 0 Å². The molecule has 7 heteroatoms. The first kappa shape index (κ1) is 13.7. The van der Waals surface area contributed by atoms with E-state index in [1.54, 1.807) is 12.4 Å². The van der Waals surface area contributed by atoms with Crippen molar-refractivity contribution in [2.45, 2.75) is 20.0 Å². The molecule has 3 aromatic heterocycles. The molecule has 0 aromatic carbocycles. The Bertz CT molecular complexity index is 841. The topological polar surface area (TPSA) is 85.8 Å². The second-order valence-corrected chi connectivity index (χ2v) is 5.64. The van der Waals surface area contributed by atoms with Gasteiger partial charge in [-0.3, -0.25) is 9.67 Å². The van der Waals surface area contributed by atoms with Crippen molar-refractivity contribution in [3.63, 3.8) is 0 Å². The molecule has 0 amide bonds. The van der Waals surface area contributed by atoms with Crippen LogP contribution in [-0.4, -0.2) is 31.3 Å². The van der Waals surface area contributed by atoms with Crippen molar-refractivity contribution in [1.82, 2.24) is 24.7 Å². The monoisotopic (exact) mass is 307 g/mol. The molecule has 0 radical (unpaired) electrons. The van der Waals surface area contributed by atoms with Crippen LogP contribution in [-0.2, 0) is 13.1 Å². The summed E-state index contributed by atoms with van der Waals surface area (Å²) in [5.74, 6) is 2.19. The summed E-state index contributed by atoms with van der Waals surface area (Å²) in [6, 6.07) is 7.79. The summed E-state index contributed by atoms with van der Waals surface area (Å²) in [7, 11) is 0. The lowest BCUT2D eigenvalue weighted by atomic mass is 10.2. The molecule has 0 fully saturated rings. The molecule has 0 unspecified atom stereocenters. The molecule has 4 rings (SSSR count). The Kier molecular flexibility index (Phi) is 3.18. The quantitative estimate of drug-likeness (QED) is 0.774. The van der Waals surface area contributed by atoms with Crippen LogP contribution in [0.5, 0.6) is 0 Å². The van der Waals surface area contributed by atoms with Crippen LogP contribution in [0.4, 0.5) is 11.6 Å². The van der Waals surface area contributed by atoms with Crippen LogP contribution in [0, 0.1) is 6.92 Å². The maximum Gasteiger partial charge on any atom is 0.163 e. The molecule has 1 aliphatic rings. The minimum atomic E-state index is 0.566. The van der Waals surface area contributed by atoms with E-state index in [-0.39, 0.29) is 0 Å². The third-order valence-electron chi connectivity index (χ3n) is 3.90. The van der Waals surface area contributed by atoms with Gasteiger partial charge < -0.3 is 10.6 Å². The van der Waals surface area contributed by atoms with Crippen molar-refractivity contribution in [2.75, 3.05) is 17.2 Å². The molecular weight excluding hydrogens is 290 g/mol. The summed E-state index contributed by atoms with van der Waals surface area (Å²) in [6.45, 7) is 4.37. The van der Waals surface area contributed by atoms with Gasteiger partial charge in [0, 0.05) is 42.3 Å². The molecule has 4 heterocycles. The van der Waals surface area contributed by atoms with Crippen LogP contribution in [0.1, 0.15) is 11.4 Å². The Morgan fingerprint density at radius 2 is 2.09 bits per heavy atom. The van der Waals surface area contributed by atoms with Gasteiger partial charge in [0.1, 0.15) is 11.6 Å². The summed E-state index contributed by atoms with van der Waals surface area (Å²) >= 11 is 0. The number of rotatable bonds is 2. The molecule has 3 aromatic rings. The zero-order valence-corrected chi connectivity index (χ0v) is 12.8. The number of aryl methyl sites for hydroxylation is 1. The molecule has 0 atom stereocenters. The first-order valence-electron chi connectivity index (χ1n) is 7.52. The smallest absolute Gasteiger partial charge is 0.163 e. The Morgan fingerprint density at radius 1 is 1.17 bits per heavy atom. The Hall–Kier alpha value is -2.96. The van der Waals surface area contributed by atoms with Gasteiger partial charge in [0.15, 0.2) is 5.82 Å². The molecule has 1 aliphatic heterocycles. The minimum absolute atomic E-state index is 0.566. The van der Waals surface area contributed by atoms with Crippen LogP contribution < -0.4 is 10.6 Å². The van der Waals surface area contributed by atoms with Gasteiger partial charge in [0.05, 0.1) is 18.8 Å². The second kappa shape index (κ2) is 5.35. The summed E-state index contributed by atoms with van der Waals surface area (Å²) < 4.78 is 1.96. The number of anilines is 2. The SMILES string of the molecule is Cc1cc(N2CCn3nc(N)cc3C2)nc(-c2cccnc2)n1. The molecular formula is C16H17N7. The second-order valence-electron chi connectivity index (χ2n) is 5.64. The van der Waals surface area contributed by atoms with Crippen molar-refractivity contribution in [1.29, 1.82) is 0 Å². The molecule has 0 bridgehead atoms. The van der Waals surface area contributed by atoms with E-state index in [2.05, 4.69) is 20.0 Å². The molecule has 23 heavy (non-hydrogen) atoms. The minimum Gasteiger partial charge on any atom is -0.382 e. The lowest BCUT2D eigenvalue weighted by molar-refractivity contribution is 0.518. The molecule has 0 saturated carbocycles. The van der Waals surface area contributed by atoms with Gasteiger partial charge in [0.2, 0.25) is 0 Å². The first-order chi connectivity index (χ1) is 11.2. The maximum atomic E-state index is 5.78. The highest BCUT2D eigenvalue weighted by molar-refractivity contribution is 5.57. The van der Waals surface area contributed by atoms with E-state index >= 15 is 0 Å². The van der Waals surface area contributed by atoms with Gasteiger partial charge >= 0.3 is 0 Å². The number of nitrogens with two attached hydrogens (primary N) is 1. The summed E-state index contributed by atoms with van der Waals surface area (Å²) in [6.07, 6.45) is 3.53. The molecule has 0 aliphatic carbocycles. The number of nitrogen functional groups attached to an aromatic ring is 1. The van der Waals surface area contributed by atoms with Crippen molar-refractivity contribution in [3.8, 4) is 11.4 Å². The summed E-state index contributed by atoms with van der Waals surface area (Å²) in [4.78, 5) is 15.6. The average Bonchev–Trinajstić information content (AvgIpc) is 2.94. The van der Waals surface area contributed by atoms with E-state index in [9.17, 15) is 0 Å². The summed E-state index contributed by atoms with van der Waals surface area (Å²) in [5.41, 5.74) is 8.75. The van der Waals surface area contributed by atoms with Crippen molar-refractivity contribution in [2.24, 2.45) is 0 Å². The normalized spacial score (nSPS) is 13.9. The van der Waals surface area contributed by atoms with E-state index in [1.165, 1.54) is 0 Å². The average molecular weight is 307 g/mol. The van der Waals surface area contributed by atoms with Gasteiger partial charge in [-0.1, -0.05) is 0 Å². The van der Waals surface area contributed by atoms with Crippen LogP contribution in [0.15, 0.2) is 36.7 Å². The van der Waals surface area contributed by atoms with Crippen molar-refractivity contribution >= 4 is 11.6 Å². The predicted molar refractivity (Wildman–Crippen MR) is 87.7 cm³/mol. The van der Waals surface area contributed by atoms with Crippen LogP contribution in [0.2, 0.25) is 0 Å². The number of aromatic nitrogens is 5. The van der Waals surface area contributed by atoms with E-state index in [1.807, 2.05) is 35.9 Å². The van der Waals surface area contributed by atoms with Crippen LogP contribution >= 0.6 is 0 Å². The summed E-state index contributed by atoms with van der Waals surface area (Å²) in [5, 5.41) is 4.29. The first-order valence-corrected chi connectivity index (χ1v) is 7.52. The highest BCUT2D eigenvalue weighted by Crippen LogP contribution is 2.23. The Balaban J connectivity index is 1.69. The third-order valence-corrected chi connectivity index (χ3v) is 3.90. The van der Waals surface area contributed by atoms with Crippen LogP contribution in [0.25, 0.3) is 11.4 Å². The van der Waals surface area contributed by atoms with E-state index in [0.717, 1.165) is 42.4 Å². The van der Waals surface area contributed by atoms with Crippen molar-refractivity contribution in [3.05, 3.63) is 48.0 Å². The lowest BCUT2D eigenvalue weighted by Gasteiger charge is -2.28. The third kappa shape index (κ3) is 2.61. The van der Waals surface area contributed by atoms with E-state index in [4.69, 9.17) is 10.7 Å². The molecule has 2 N–H and O–H groups in total. The fraction of sp³-hybridized carbons (Fsp3) is 0.250. The maximum absolute atomic E-state index is 5.78. The number of hydrogen-bond acceptors (Lipinski definition) is 6. The van der Waals surface area contributed by atoms with Crippen LogP contribution in [0.3, 0.4) is 0 Å². The predicted octanol–water partition coefficient (Wildman–Crippen LogP) is 1.65. The lowest BCUT2D eigenvalue weighted by Crippen LogP contribution is -2.34. The van der Waals surface area contributed by atoms with Gasteiger partial charge in [-0.2, -0.15) is 5.10 Å². The fourth-order valence-electron chi connectivity index (χ4n) is 2.82. The highest BCUT2D eigenvalue weighted by Gasteiger charge is 2.20. The Labute approximate surface area is 133 Å². The van der Waals surface area contributed by atoms with Gasteiger partial charge in [0.25, 0.3) is 0 Å².